The Morgan fingerprint density at radius 3 is 2.62 bits per heavy atom. The van der Waals surface area contributed by atoms with Crippen molar-refractivity contribution in [2.24, 2.45) is 0 Å². The fourth-order valence-corrected chi connectivity index (χ4v) is 3.63. The van der Waals surface area contributed by atoms with Gasteiger partial charge in [-0.25, -0.2) is 0 Å². The molecule has 0 radical (unpaired) electrons. The quantitative estimate of drug-likeness (QED) is 0.739. The lowest BCUT2D eigenvalue weighted by Crippen LogP contribution is -2.43. The minimum Gasteiger partial charge on any atom is -0.497 e. The van der Waals surface area contributed by atoms with Crippen LogP contribution in [0.15, 0.2) is 48.5 Å². The van der Waals surface area contributed by atoms with Crippen molar-refractivity contribution in [3.05, 3.63) is 54.1 Å². The molecule has 1 aliphatic rings. The van der Waals surface area contributed by atoms with E-state index in [4.69, 9.17) is 9.47 Å². The number of rotatable bonds is 8. The summed E-state index contributed by atoms with van der Waals surface area (Å²) in [6.07, 6.45) is 2.47. The van der Waals surface area contributed by atoms with E-state index in [0.29, 0.717) is 38.1 Å². The maximum absolute atomic E-state index is 12.8. The second-order valence-corrected chi connectivity index (χ2v) is 7.00. The van der Waals surface area contributed by atoms with Crippen molar-refractivity contribution in [2.75, 3.05) is 25.6 Å². The van der Waals surface area contributed by atoms with Crippen molar-refractivity contribution < 1.29 is 19.1 Å². The summed E-state index contributed by atoms with van der Waals surface area (Å²) in [5, 5.41) is 2.91. The molecule has 0 bridgehead atoms. The van der Waals surface area contributed by atoms with Crippen LogP contribution >= 0.6 is 0 Å². The van der Waals surface area contributed by atoms with Gasteiger partial charge in [0, 0.05) is 18.7 Å². The molecule has 154 valence electrons. The van der Waals surface area contributed by atoms with Gasteiger partial charge in [-0.3, -0.25) is 9.59 Å². The lowest BCUT2D eigenvalue weighted by molar-refractivity contribution is -0.136. The van der Waals surface area contributed by atoms with Gasteiger partial charge in [-0.1, -0.05) is 18.2 Å². The second kappa shape index (κ2) is 9.96. The van der Waals surface area contributed by atoms with Crippen molar-refractivity contribution in [2.45, 2.75) is 38.6 Å². The van der Waals surface area contributed by atoms with Crippen LogP contribution in [-0.4, -0.2) is 43.0 Å². The molecule has 2 aromatic rings. The maximum Gasteiger partial charge on any atom is 0.247 e. The third-order valence-corrected chi connectivity index (χ3v) is 5.11. The van der Waals surface area contributed by atoms with Crippen LogP contribution in [-0.2, 0) is 16.0 Å². The van der Waals surface area contributed by atoms with Crippen LogP contribution in [0.4, 0.5) is 5.69 Å². The predicted molar refractivity (Wildman–Crippen MR) is 112 cm³/mol. The summed E-state index contributed by atoms with van der Waals surface area (Å²) in [6.45, 7) is 3.15. The predicted octanol–water partition coefficient (Wildman–Crippen LogP) is 3.66. The summed E-state index contributed by atoms with van der Waals surface area (Å²) in [4.78, 5) is 27.3. The van der Waals surface area contributed by atoms with Gasteiger partial charge in [0.2, 0.25) is 11.8 Å². The Bertz CT molecular complexity index is 835. The molecule has 29 heavy (non-hydrogen) atoms. The number of hydrogen-bond acceptors (Lipinski definition) is 4. The molecule has 1 aliphatic heterocycles. The van der Waals surface area contributed by atoms with E-state index in [0.717, 1.165) is 23.5 Å². The van der Waals surface area contributed by atoms with Crippen molar-refractivity contribution in [3.63, 3.8) is 0 Å². The monoisotopic (exact) mass is 396 g/mol. The summed E-state index contributed by atoms with van der Waals surface area (Å²) < 4.78 is 10.8. The van der Waals surface area contributed by atoms with E-state index in [1.807, 2.05) is 31.2 Å². The fourth-order valence-electron chi connectivity index (χ4n) is 3.63. The molecule has 1 heterocycles. The summed E-state index contributed by atoms with van der Waals surface area (Å²) in [5.74, 6) is 1.41. The first kappa shape index (κ1) is 20.7. The Balaban J connectivity index is 1.59. The maximum atomic E-state index is 12.8. The zero-order chi connectivity index (χ0) is 20.6. The Hall–Kier alpha value is -3.02. The third-order valence-electron chi connectivity index (χ3n) is 5.11. The number of hydrogen-bond donors (Lipinski definition) is 1. The van der Waals surface area contributed by atoms with Gasteiger partial charge in [0.25, 0.3) is 0 Å². The molecule has 1 saturated heterocycles. The Morgan fingerprint density at radius 2 is 1.90 bits per heavy atom. The van der Waals surface area contributed by atoms with Crippen LogP contribution in [0.2, 0.25) is 0 Å². The van der Waals surface area contributed by atoms with Crippen molar-refractivity contribution in [1.82, 2.24) is 4.90 Å². The molecule has 1 fully saturated rings. The number of carbonyl (C=O) groups is 2. The van der Waals surface area contributed by atoms with E-state index < -0.39 is 6.04 Å². The highest BCUT2D eigenvalue weighted by Crippen LogP contribution is 2.24. The molecule has 0 saturated carbocycles. The summed E-state index contributed by atoms with van der Waals surface area (Å²) in [5.41, 5.74) is 1.71. The van der Waals surface area contributed by atoms with Crippen LogP contribution < -0.4 is 14.8 Å². The number of para-hydroxylation sites is 1. The smallest absolute Gasteiger partial charge is 0.247 e. The van der Waals surface area contributed by atoms with Gasteiger partial charge in [0.05, 0.1) is 13.7 Å². The van der Waals surface area contributed by atoms with Crippen molar-refractivity contribution in [3.8, 4) is 11.5 Å². The Kier molecular flexibility index (Phi) is 7.11. The first-order chi connectivity index (χ1) is 14.1. The zero-order valence-electron chi connectivity index (χ0n) is 17.0. The standard InChI is InChI=1S/C23H28N2O4/c1-3-29-21-9-5-4-7-17(21)10-15-22(26)25-16-6-8-20(25)23(27)24-18-11-13-19(28-2)14-12-18/h4-5,7,9,11-14,20H,3,6,8,10,15-16H2,1-2H3,(H,24,27). The van der Waals surface area contributed by atoms with Crippen molar-refractivity contribution >= 4 is 17.5 Å². The molecule has 1 unspecified atom stereocenters. The summed E-state index contributed by atoms with van der Waals surface area (Å²) >= 11 is 0. The average molecular weight is 396 g/mol. The highest BCUT2D eigenvalue weighted by Gasteiger charge is 2.33. The molecular weight excluding hydrogens is 368 g/mol. The van der Waals surface area contributed by atoms with E-state index in [1.165, 1.54) is 0 Å². The molecule has 6 nitrogen and oxygen atoms in total. The molecule has 3 rings (SSSR count). The van der Waals surface area contributed by atoms with Crippen LogP contribution in [0, 0.1) is 0 Å². The molecule has 0 aromatic heterocycles. The molecular formula is C23H28N2O4. The summed E-state index contributed by atoms with van der Waals surface area (Å²) in [7, 11) is 1.60. The van der Waals surface area contributed by atoms with E-state index in [1.54, 1.807) is 36.3 Å². The van der Waals surface area contributed by atoms with Crippen LogP contribution in [0.5, 0.6) is 11.5 Å². The molecule has 2 amide bonds. The average Bonchev–Trinajstić information content (AvgIpc) is 3.24. The number of nitrogens with zero attached hydrogens (tertiary/aromatic N) is 1. The van der Waals surface area contributed by atoms with Gasteiger partial charge >= 0.3 is 0 Å². The normalized spacial score (nSPS) is 15.8. The number of benzene rings is 2. The lowest BCUT2D eigenvalue weighted by Gasteiger charge is -2.24. The van der Waals surface area contributed by atoms with Crippen molar-refractivity contribution in [1.29, 1.82) is 0 Å². The molecule has 0 spiro atoms. The van der Waals surface area contributed by atoms with Crippen LogP contribution in [0.3, 0.4) is 0 Å². The van der Waals surface area contributed by atoms with Gasteiger partial charge in [0.15, 0.2) is 0 Å². The van der Waals surface area contributed by atoms with E-state index >= 15 is 0 Å². The highest BCUT2D eigenvalue weighted by molar-refractivity contribution is 5.97. The molecule has 1 atom stereocenters. The number of amides is 2. The second-order valence-electron chi connectivity index (χ2n) is 7.00. The van der Waals surface area contributed by atoms with Gasteiger partial charge in [-0.05, 0) is 62.1 Å². The zero-order valence-corrected chi connectivity index (χ0v) is 17.0. The number of likely N-dealkylation sites (tertiary alicyclic amines) is 1. The van der Waals surface area contributed by atoms with Gasteiger partial charge in [-0.15, -0.1) is 0 Å². The lowest BCUT2D eigenvalue weighted by atomic mass is 10.1. The largest absolute Gasteiger partial charge is 0.497 e. The topological polar surface area (TPSA) is 67.9 Å². The first-order valence-corrected chi connectivity index (χ1v) is 10.1. The number of aryl methyl sites for hydroxylation is 1. The molecule has 6 heteroatoms. The van der Waals surface area contributed by atoms with E-state index in [9.17, 15) is 9.59 Å². The first-order valence-electron chi connectivity index (χ1n) is 10.1. The minimum absolute atomic E-state index is 0.00341. The molecule has 2 aromatic carbocycles. The number of nitrogens with one attached hydrogen (secondary N) is 1. The molecule has 1 N–H and O–H groups in total. The van der Waals surface area contributed by atoms with Crippen LogP contribution in [0.25, 0.3) is 0 Å². The van der Waals surface area contributed by atoms with Crippen LogP contribution in [0.1, 0.15) is 31.7 Å². The van der Waals surface area contributed by atoms with Gasteiger partial charge in [-0.2, -0.15) is 0 Å². The number of carbonyl (C=O) groups excluding carboxylic acids is 2. The fraction of sp³-hybridized carbons (Fsp3) is 0.391. The number of ether oxygens (including phenoxy) is 2. The Morgan fingerprint density at radius 1 is 1.14 bits per heavy atom. The van der Waals surface area contributed by atoms with Gasteiger partial charge < -0.3 is 19.7 Å². The summed E-state index contributed by atoms with van der Waals surface area (Å²) in [6, 6.07) is 14.5. The minimum atomic E-state index is -0.424. The number of anilines is 1. The Labute approximate surface area is 171 Å². The molecule has 0 aliphatic carbocycles. The number of methoxy groups -OCH3 is 1. The SMILES string of the molecule is CCOc1ccccc1CCC(=O)N1CCCC1C(=O)Nc1ccc(OC)cc1. The van der Waals surface area contributed by atoms with E-state index in [-0.39, 0.29) is 11.8 Å². The van der Waals surface area contributed by atoms with Gasteiger partial charge in [0.1, 0.15) is 17.5 Å². The third kappa shape index (κ3) is 5.28. The van der Waals surface area contributed by atoms with E-state index in [2.05, 4.69) is 5.32 Å². The highest BCUT2D eigenvalue weighted by atomic mass is 16.5.